The third-order valence-corrected chi connectivity index (χ3v) is 5.14. The second-order valence-corrected chi connectivity index (χ2v) is 8.86. The van der Waals surface area contributed by atoms with Gasteiger partial charge in [-0.25, -0.2) is 9.67 Å². The Hall–Kier alpha value is -1.70. The summed E-state index contributed by atoms with van der Waals surface area (Å²) < 4.78 is 1.79. The number of anilines is 1. The van der Waals surface area contributed by atoms with Crippen LogP contribution in [-0.4, -0.2) is 60.8 Å². The molecule has 1 aliphatic heterocycles. The third kappa shape index (κ3) is 4.59. The molecule has 0 spiro atoms. The first-order valence-corrected chi connectivity index (χ1v) is 9.80. The summed E-state index contributed by atoms with van der Waals surface area (Å²) in [5.74, 6) is 0. The van der Waals surface area contributed by atoms with Crippen molar-refractivity contribution in [2.45, 2.75) is 64.8 Å². The number of likely N-dealkylation sites (tertiary alicyclic amines) is 1. The predicted octanol–water partition coefficient (Wildman–Crippen LogP) is 3.22. The number of rotatable bonds is 4. The van der Waals surface area contributed by atoms with Crippen LogP contribution in [0.1, 0.15) is 47.1 Å². The minimum Gasteiger partial charge on any atom is -0.390 e. The lowest BCUT2D eigenvalue weighted by atomic mass is 9.96. The van der Waals surface area contributed by atoms with Gasteiger partial charge in [-0.3, -0.25) is 4.90 Å². The smallest absolute Gasteiger partial charge is 0.131 e. The van der Waals surface area contributed by atoms with Crippen molar-refractivity contribution < 1.29 is 5.11 Å². The maximum absolute atomic E-state index is 10.7. The lowest BCUT2D eigenvalue weighted by molar-refractivity contribution is -0.0138. The first-order chi connectivity index (χ1) is 12.6. The molecule has 1 saturated heterocycles. The molecule has 0 amide bonds. The van der Waals surface area contributed by atoms with E-state index in [0.29, 0.717) is 17.4 Å². The van der Waals surface area contributed by atoms with Crippen molar-refractivity contribution in [1.29, 1.82) is 0 Å². The highest BCUT2D eigenvalue weighted by molar-refractivity contribution is 6.29. The van der Waals surface area contributed by atoms with Crippen molar-refractivity contribution in [3.05, 3.63) is 23.6 Å². The van der Waals surface area contributed by atoms with E-state index in [1.807, 2.05) is 6.20 Å². The Bertz CT molecular complexity index is 785. The van der Waals surface area contributed by atoms with E-state index in [-0.39, 0.29) is 17.6 Å². The maximum Gasteiger partial charge on any atom is 0.131 e. The van der Waals surface area contributed by atoms with Gasteiger partial charge in [-0.2, -0.15) is 0 Å². The molecule has 1 aliphatic rings. The van der Waals surface area contributed by atoms with Crippen molar-refractivity contribution in [3.8, 4) is 11.3 Å². The Kier molecular flexibility index (Phi) is 5.74. The number of hydrogen-bond donors (Lipinski definition) is 2. The summed E-state index contributed by atoms with van der Waals surface area (Å²) in [5.41, 5.74) is 2.49. The molecule has 8 heteroatoms. The van der Waals surface area contributed by atoms with Gasteiger partial charge in [-0.1, -0.05) is 16.8 Å². The molecular formula is C19H29ClN6O. The normalized spacial score (nSPS) is 21.6. The molecule has 1 fully saturated rings. The zero-order chi connectivity index (χ0) is 19.8. The average molecular weight is 393 g/mol. The molecule has 0 aromatic carbocycles. The van der Waals surface area contributed by atoms with Crippen molar-refractivity contribution >= 4 is 17.3 Å². The van der Waals surface area contributed by atoms with Gasteiger partial charge in [0.25, 0.3) is 0 Å². The Morgan fingerprint density at radius 1 is 1.33 bits per heavy atom. The number of hydrogen-bond acceptors (Lipinski definition) is 6. The van der Waals surface area contributed by atoms with E-state index in [9.17, 15) is 5.11 Å². The number of nitrogens with zero attached hydrogens (tertiary/aromatic N) is 5. The number of piperidine rings is 1. The van der Waals surface area contributed by atoms with E-state index in [1.54, 1.807) is 16.9 Å². The maximum atomic E-state index is 10.7. The lowest BCUT2D eigenvalue weighted by Gasteiger charge is -2.43. The molecule has 2 aromatic rings. The van der Waals surface area contributed by atoms with Crippen LogP contribution in [0.5, 0.6) is 0 Å². The highest BCUT2D eigenvalue weighted by Gasteiger charge is 2.34. The van der Waals surface area contributed by atoms with Crippen LogP contribution in [0.4, 0.5) is 5.69 Å². The summed E-state index contributed by atoms with van der Waals surface area (Å²) in [4.78, 5) is 6.49. The summed E-state index contributed by atoms with van der Waals surface area (Å²) in [6, 6.07) is 1.97. The lowest BCUT2D eigenvalue weighted by Crippen LogP contribution is -2.52. The Balaban J connectivity index is 1.82. The van der Waals surface area contributed by atoms with Gasteiger partial charge in [-0.05, 0) is 47.1 Å². The number of aliphatic hydroxyl groups is 1. The van der Waals surface area contributed by atoms with Gasteiger partial charge in [0, 0.05) is 42.1 Å². The number of halogens is 1. The Morgan fingerprint density at radius 3 is 2.70 bits per heavy atom. The molecule has 7 nitrogen and oxygen atoms in total. The van der Waals surface area contributed by atoms with Crippen LogP contribution in [-0.2, 0) is 0 Å². The SMILES string of the molecule is CC(C)Nc1cc(Cl)ncc1-c1cn([C@@H]2CCN(C(C)(C)C)C[C@H]2O)nn1. The molecule has 0 bridgehead atoms. The number of aliphatic hydroxyl groups excluding tert-OH is 1. The quantitative estimate of drug-likeness (QED) is 0.778. The van der Waals surface area contributed by atoms with E-state index < -0.39 is 6.10 Å². The summed E-state index contributed by atoms with van der Waals surface area (Å²) in [6.45, 7) is 12.2. The molecule has 2 atom stereocenters. The molecule has 27 heavy (non-hydrogen) atoms. The molecular weight excluding hydrogens is 364 g/mol. The first-order valence-electron chi connectivity index (χ1n) is 9.42. The highest BCUT2D eigenvalue weighted by atomic mass is 35.5. The molecule has 3 rings (SSSR count). The molecule has 3 heterocycles. The first kappa shape index (κ1) is 20.0. The van der Waals surface area contributed by atoms with Crippen molar-refractivity contribution in [2.24, 2.45) is 0 Å². The fraction of sp³-hybridized carbons (Fsp3) is 0.632. The average Bonchev–Trinajstić information content (AvgIpc) is 3.03. The van der Waals surface area contributed by atoms with Crippen LogP contribution in [0.3, 0.4) is 0 Å². The van der Waals surface area contributed by atoms with Crippen LogP contribution >= 0.6 is 11.6 Å². The fourth-order valence-corrected chi connectivity index (χ4v) is 3.62. The van der Waals surface area contributed by atoms with Gasteiger partial charge in [0.2, 0.25) is 0 Å². The summed E-state index contributed by atoms with van der Waals surface area (Å²) in [7, 11) is 0. The number of pyridine rings is 1. The number of aromatic nitrogens is 4. The van der Waals surface area contributed by atoms with Crippen LogP contribution in [0, 0.1) is 0 Å². The largest absolute Gasteiger partial charge is 0.390 e. The van der Waals surface area contributed by atoms with Crippen LogP contribution in [0.2, 0.25) is 5.15 Å². The molecule has 2 N–H and O–H groups in total. The fourth-order valence-electron chi connectivity index (χ4n) is 3.46. The van der Waals surface area contributed by atoms with E-state index in [0.717, 1.165) is 24.2 Å². The summed E-state index contributed by atoms with van der Waals surface area (Å²) in [6.07, 6.45) is 3.94. The zero-order valence-electron chi connectivity index (χ0n) is 16.6. The van der Waals surface area contributed by atoms with Crippen LogP contribution in [0.25, 0.3) is 11.3 Å². The molecule has 0 radical (unpaired) electrons. The van der Waals surface area contributed by atoms with E-state index in [1.165, 1.54) is 0 Å². The van der Waals surface area contributed by atoms with Crippen molar-refractivity contribution in [2.75, 3.05) is 18.4 Å². The van der Waals surface area contributed by atoms with Crippen molar-refractivity contribution in [1.82, 2.24) is 24.9 Å². The minimum atomic E-state index is -0.482. The monoisotopic (exact) mass is 392 g/mol. The zero-order valence-corrected chi connectivity index (χ0v) is 17.4. The minimum absolute atomic E-state index is 0.0475. The number of β-amino-alcohol motifs (C(OH)–C–C–N with tert-alkyl or cyclic N) is 1. The van der Waals surface area contributed by atoms with Crippen LogP contribution < -0.4 is 5.32 Å². The van der Waals surface area contributed by atoms with Crippen LogP contribution in [0.15, 0.2) is 18.5 Å². The second-order valence-electron chi connectivity index (χ2n) is 8.48. The van der Waals surface area contributed by atoms with E-state index in [4.69, 9.17) is 11.6 Å². The molecule has 0 unspecified atom stereocenters. The molecule has 2 aromatic heterocycles. The Morgan fingerprint density at radius 2 is 2.07 bits per heavy atom. The Labute approximate surface area is 165 Å². The van der Waals surface area contributed by atoms with E-state index >= 15 is 0 Å². The number of nitrogens with one attached hydrogen (secondary N) is 1. The summed E-state index contributed by atoms with van der Waals surface area (Å²) in [5, 5.41) is 23.1. The second kappa shape index (κ2) is 7.73. The standard InChI is InChI=1S/C19H29ClN6O/c1-12(2)22-14-8-18(20)21-9-13(14)15-10-26(24-23-15)16-6-7-25(11-17(16)27)19(3,4)5/h8-10,12,16-17,27H,6-7,11H2,1-5H3,(H,21,22)/t16-,17-/m1/s1. The van der Waals surface area contributed by atoms with Gasteiger partial charge >= 0.3 is 0 Å². The van der Waals surface area contributed by atoms with Gasteiger partial charge < -0.3 is 10.4 Å². The van der Waals surface area contributed by atoms with E-state index in [2.05, 4.69) is 60.1 Å². The molecule has 0 saturated carbocycles. The molecule has 0 aliphatic carbocycles. The van der Waals surface area contributed by atoms with Crippen molar-refractivity contribution in [3.63, 3.8) is 0 Å². The van der Waals surface area contributed by atoms with Gasteiger partial charge in [0.1, 0.15) is 10.8 Å². The third-order valence-electron chi connectivity index (χ3n) is 4.94. The predicted molar refractivity (Wildman–Crippen MR) is 108 cm³/mol. The van der Waals surface area contributed by atoms with Gasteiger partial charge in [-0.15, -0.1) is 5.10 Å². The summed E-state index contributed by atoms with van der Waals surface area (Å²) >= 11 is 6.05. The van der Waals surface area contributed by atoms with Gasteiger partial charge in [0.05, 0.1) is 18.3 Å². The highest BCUT2D eigenvalue weighted by Crippen LogP contribution is 2.31. The molecule has 148 valence electrons. The topological polar surface area (TPSA) is 79.1 Å². The van der Waals surface area contributed by atoms with Gasteiger partial charge in [0.15, 0.2) is 0 Å².